The number of halogens is 1. The molecule has 8 N–H and O–H groups in total. The van der Waals surface area contributed by atoms with Gasteiger partial charge in [-0.15, -0.1) is 0 Å². The molecule has 0 unspecified atom stereocenters. The van der Waals surface area contributed by atoms with E-state index in [0.29, 0.717) is 27.8 Å². The number of benzene rings is 2. The first-order chi connectivity index (χ1) is 8.00. The summed E-state index contributed by atoms with van der Waals surface area (Å²) in [5.74, 6) is 0. The van der Waals surface area contributed by atoms with Gasteiger partial charge in [-0.1, -0.05) is 23.7 Å². The summed E-state index contributed by atoms with van der Waals surface area (Å²) in [5, 5.41) is 0.404. The van der Waals surface area contributed by atoms with Crippen molar-refractivity contribution in [2.45, 2.75) is 0 Å². The highest BCUT2D eigenvalue weighted by molar-refractivity contribution is 6.37. The van der Waals surface area contributed by atoms with Crippen LogP contribution in [0.2, 0.25) is 5.02 Å². The Balaban J connectivity index is 2.64. The maximum absolute atomic E-state index is 6.15. The SMILES string of the molecule is Nc1ccc(-c2cc(N)c(N)c(N)c2Cl)cc1. The van der Waals surface area contributed by atoms with Crippen molar-refractivity contribution in [3.63, 3.8) is 0 Å². The number of hydrogen-bond donors (Lipinski definition) is 4. The van der Waals surface area contributed by atoms with Crippen molar-refractivity contribution in [1.82, 2.24) is 0 Å². The summed E-state index contributed by atoms with van der Waals surface area (Å²) in [6, 6.07) is 8.99. The molecule has 4 nitrogen and oxygen atoms in total. The molecule has 0 saturated heterocycles. The largest absolute Gasteiger partial charge is 0.399 e. The number of nitrogens with two attached hydrogens (primary N) is 4. The van der Waals surface area contributed by atoms with Gasteiger partial charge >= 0.3 is 0 Å². The molecule has 5 heteroatoms. The number of hydrogen-bond acceptors (Lipinski definition) is 4. The van der Waals surface area contributed by atoms with Crippen molar-refractivity contribution in [2.75, 3.05) is 22.9 Å². The van der Waals surface area contributed by atoms with E-state index in [1.807, 2.05) is 12.1 Å². The summed E-state index contributed by atoms with van der Waals surface area (Å²) in [7, 11) is 0. The van der Waals surface area contributed by atoms with Gasteiger partial charge in [0.15, 0.2) is 0 Å². The molecule has 17 heavy (non-hydrogen) atoms. The fourth-order valence-corrected chi connectivity index (χ4v) is 1.85. The molecule has 0 atom stereocenters. The van der Waals surface area contributed by atoms with Crippen molar-refractivity contribution in [2.24, 2.45) is 0 Å². The smallest absolute Gasteiger partial charge is 0.0797 e. The first-order valence-electron chi connectivity index (χ1n) is 4.99. The average molecular weight is 249 g/mol. The van der Waals surface area contributed by atoms with Gasteiger partial charge < -0.3 is 22.9 Å². The van der Waals surface area contributed by atoms with Crippen LogP contribution in [0.5, 0.6) is 0 Å². The van der Waals surface area contributed by atoms with Crippen LogP contribution in [-0.4, -0.2) is 0 Å². The Kier molecular flexibility index (Phi) is 2.73. The van der Waals surface area contributed by atoms with Crippen LogP contribution in [0, 0.1) is 0 Å². The maximum atomic E-state index is 6.15. The van der Waals surface area contributed by atoms with Gasteiger partial charge in [0.2, 0.25) is 0 Å². The third-order valence-corrected chi connectivity index (χ3v) is 3.00. The van der Waals surface area contributed by atoms with E-state index in [4.69, 9.17) is 34.5 Å². The van der Waals surface area contributed by atoms with E-state index in [1.165, 1.54) is 0 Å². The summed E-state index contributed by atoms with van der Waals surface area (Å²) < 4.78 is 0. The first kappa shape index (κ1) is 11.4. The molecule has 0 spiro atoms. The molecule has 88 valence electrons. The van der Waals surface area contributed by atoms with Crippen LogP contribution in [0.4, 0.5) is 22.7 Å². The Hall–Kier alpha value is -2.07. The van der Waals surface area contributed by atoms with Gasteiger partial charge in [0.05, 0.1) is 22.1 Å². The molecule has 0 heterocycles. The predicted molar refractivity (Wildman–Crippen MR) is 74.5 cm³/mol. The lowest BCUT2D eigenvalue weighted by atomic mass is 10.0. The van der Waals surface area contributed by atoms with Gasteiger partial charge in [-0.25, -0.2) is 0 Å². The fourth-order valence-electron chi connectivity index (χ4n) is 1.59. The first-order valence-corrected chi connectivity index (χ1v) is 5.37. The van der Waals surface area contributed by atoms with Gasteiger partial charge in [-0.2, -0.15) is 0 Å². The molecule has 0 aromatic heterocycles. The zero-order valence-electron chi connectivity index (χ0n) is 9.07. The van der Waals surface area contributed by atoms with Crippen LogP contribution < -0.4 is 22.9 Å². The summed E-state index contributed by atoms with van der Waals surface area (Å²) in [6.45, 7) is 0. The Morgan fingerprint density at radius 2 is 1.41 bits per heavy atom. The van der Waals surface area contributed by atoms with Crippen molar-refractivity contribution in [1.29, 1.82) is 0 Å². The highest BCUT2D eigenvalue weighted by Crippen LogP contribution is 2.39. The Bertz CT molecular complexity index is 564. The van der Waals surface area contributed by atoms with Crippen LogP contribution in [0.25, 0.3) is 11.1 Å². The zero-order chi connectivity index (χ0) is 12.6. The third-order valence-electron chi connectivity index (χ3n) is 2.60. The molecule has 0 fully saturated rings. The minimum absolute atomic E-state index is 0.304. The third kappa shape index (κ3) is 1.94. The minimum atomic E-state index is 0.304. The lowest BCUT2D eigenvalue weighted by Crippen LogP contribution is -2.02. The Labute approximate surface area is 104 Å². The molecule has 0 bridgehead atoms. The molecule has 0 saturated carbocycles. The molecular formula is C12H13ClN4. The second-order valence-electron chi connectivity index (χ2n) is 3.78. The van der Waals surface area contributed by atoms with Gasteiger partial charge in [0.1, 0.15) is 0 Å². The molecule has 2 aromatic rings. The quantitative estimate of drug-likeness (QED) is 0.582. The average Bonchev–Trinajstić information content (AvgIpc) is 2.32. The summed E-state index contributed by atoms with van der Waals surface area (Å²) in [5.41, 5.74) is 26.2. The van der Waals surface area contributed by atoms with Crippen molar-refractivity contribution in [3.8, 4) is 11.1 Å². The molecule has 2 aromatic carbocycles. The number of rotatable bonds is 1. The van der Waals surface area contributed by atoms with Crippen LogP contribution in [0.15, 0.2) is 30.3 Å². The maximum Gasteiger partial charge on any atom is 0.0797 e. The number of anilines is 4. The van der Waals surface area contributed by atoms with Crippen molar-refractivity contribution < 1.29 is 0 Å². The van der Waals surface area contributed by atoms with E-state index in [2.05, 4.69) is 0 Å². The van der Waals surface area contributed by atoms with Crippen LogP contribution >= 0.6 is 11.6 Å². The summed E-state index contributed by atoms with van der Waals surface area (Å²) in [6.07, 6.45) is 0. The molecule has 0 radical (unpaired) electrons. The monoisotopic (exact) mass is 248 g/mol. The normalized spacial score (nSPS) is 10.4. The van der Waals surface area contributed by atoms with E-state index >= 15 is 0 Å². The topological polar surface area (TPSA) is 104 Å². The highest BCUT2D eigenvalue weighted by atomic mass is 35.5. The highest BCUT2D eigenvalue weighted by Gasteiger charge is 2.12. The van der Waals surface area contributed by atoms with E-state index in [9.17, 15) is 0 Å². The van der Waals surface area contributed by atoms with Gasteiger partial charge in [0.25, 0.3) is 0 Å². The van der Waals surface area contributed by atoms with Gasteiger partial charge in [-0.3, -0.25) is 0 Å². The van der Waals surface area contributed by atoms with Crippen molar-refractivity contribution >= 4 is 34.4 Å². The lowest BCUT2D eigenvalue weighted by Gasteiger charge is -2.12. The molecule has 0 aliphatic carbocycles. The van der Waals surface area contributed by atoms with E-state index in [1.54, 1.807) is 18.2 Å². The van der Waals surface area contributed by atoms with Crippen LogP contribution in [0.3, 0.4) is 0 Å². The molecule has 0 aliphatic heterocycles. The summed E-state index contributed by atoms with van der Waals surface area (Å²) in [4.78, 5) is 0. The van der Waals surface area contributed by atoms with Gasteiger partial charge in [0, 0.05) is 11.3 Å². The van der Waals surface area contributed by atoms with Crippen molar-refractivity contribution in [3.05, 3.63) is 35.4 Å². The minimum Gasteiger partial charge on any atom is -0.399 e. The zero-order valence-corrected chi connectivity index (χ0v) is 9.83. The van der Waals surface area contributed by atoms with Gasteiger partial charge in [-0.05, 0) is 23.8 Å². The van der Waals surface area contributed by atoms with Crippen LogP contribution in [0.1, 0.15) is 0 Å². The van der Waals surface area contributed by atoms with Crippen LogP contribution in [-0.2, 0) is 0 Å². The Morgan fingerprint density at radius 3 is 2.00 bits per heavy atom. The predicted octanol–water partition coefficient (Wildman–Crippen LogP) is 2.34. The van der Waals surface area contributed by atoms with E-state index in [0.717, 1.165) is 11.1 Å². The molecule has 2 rings (SSSR count). The second-order valence-corrected chi connectivity index (χ2v) is 4.15. The second kappa shape index (κ2) is 4.07. The Morgan fingerprint density at radius 1 is 0.824 bits per heavy atom. The molecule has 0 aliphatic rings. The van der Waals surface area contributed by atoms with E-state index in [-0.39, 0.29) is 0 Å². The van der Waals surface area contributed by atoms with E-state index < -0.39 is 0 Å². The standard InChI is InChI=1S/C12H13ClN4/c13-10-8(5-9(15)11(16)12(10)17)6-1-3-7(14)4-2-6/h1-5H,14-17H2. The summed E-state index contributed by atoms with van der Waals surface area (Å²) >= 11 is 6.15. The lowest BCUT2D eigenvalue weighted by molar-refractivity contribution is 1.59. The fraction of sp³-hybridized carbons (Fsp3) is 0. The number of nitrogen functional groups attached to an aromatic ring is 4. The molecule has 0 amide bonds. The molecular weight excluding hydrogens is 236 g/mol.